The number of halogens is 1. The van der Waals surface area contributed by atoms with Gasteiger partial charge in [0.1, 0.15) is 0 Å². The quantitative estimate of drug-likeness (QED) is 0.265. The van der Waals surface area contributed by atoms with Crippen LogP contribution in [0.4, 0.5) is 0 Å². The first-order valence-electron chi connectivity index (χ1n) is 7.14. The monoisotopic (exact) mass is 290 g/mol. The van der Waals surface area contributed by atoms with Crippen LogP contribution < -0.4 is 0 Å². The van der Waals surface area contributed by atoms with Gasteiger partial charge in [0.25, 0.3) is 0 Å². The summed E-state index contributed by atoms with van der Waals surface area (Å²) in [4.78, 5) is 0. The fourth-order valence-electron chi connectivity index (χ4n) is 2.90. The van der Waals surface area contributed by atoms with E-state index in [1.54, 1.807) is 0 Å². The molecule has 2 heteroatoms. The zero-order valence-corrected chi connectivity index (χ0v) is 13.7. The number of rotatable bonds is 6. The number of benzene rings is 1. The van der Waals surface area contributed by atoms with Gasteiger partial charge in [-0.3, -0.25) is 0 Å². The van der Waals surface area contributed by atoms with Crippen LogP contribution in [0.25, 0.3) is 6.08 Å². The molecule has 1 aromatic carbocycles. The second-order valence-electron chi connectivity index (χ2n) is 5.74. The first-order chi connectivity index (χ1) is 9.07. The summed E-state index contributed by atoms with van der Waals surface area (Å²) in [5, 5.41) is 0. The molecule has 0 bridgehead atoms. The lowest BCUT2D eigenvalue weighted by Gasteiger charge is -2.32. The minimum Gasteiger partial charge on any atom is -0.166 e. The molecule has 2 rings (SSSR count). The van der Waals surface area contributed by atoms with Crippen LogP contribution in [-0.4, -0.2) is 7.38 Å². The molecule has 0 N–H and O–H groups in total. The van der Waals surface area contributed by atoms with Crippen LogP contribution in [0, 0.1) is 0 Å². The molecular formula is C17H23ClSi. The van der Waals surface area contributed by atoms with E-state index in [2.05, 4.69) is 56.5 Å². The topological polar surface area (TPSA) is 0 Å². The van der Waals surface area contributed by atoms with Crippen LogP contribution in [0.2, 0.25) is 12.1 Å². The molecule has 0 aromatic heterocycles. The maximum absolute atomic E-state index is 7.06. The lowest BCUT2D eigenvalue weighted by atomic mass is 10.1. The van der Waals surface area contributed by atoms with Gasteiger partial charge in [-0.1, -0.05) is 62.4 Å². The maximum atomic E-state index is 7.06. The lowest BCUT2D eigenvalue weighted by molar-refractivity contribution is 0.707. The standard InChI is InChI=1S/C17H23ClSi/c1-4-5-6-9-14(2)19(3,18)17-13-12-15-10-7-8-11-16(15)17/h4,7-8,10-14,17H,1,5-6,9H2,2-3H3. The van der Waals surface area contributed by atoms with Crippen molar-refractivity contribution in [1.29, 1.82) is 0 Å². The highest BCUT2D eigenvalue weighted by Gasteiger charge is 2.41. The van der Waals surface area contributed by atoms with Gasteiger partial charge in [-0.15, -0.1) is 6.58 Å². The minimum absolute atomic E-state index is 0.462. The van der Waals surface area contributed by atoms with Crippen molar-refractivity contribution >= 4 is 24.5 Å². The summed E-state index contributed by atoms with van der Waals surface area (Å²) >= 11 is 7.06. The summed E-state index contributed by atoms with van der Waals surface area (Å²) in [6.45, 7) is 8.45. The SMILES string of the molecule is C=CCCCC(C)[Si](C)(Cl)C1C=Cc2ccccc21. The van der Waals surface area contributed by atoms with Gasteiger partial charge < -0.3 is 0 Å². The zero-order valence-electron chi connectivity index (χ0n) is 11.9. The predicted octanol–water partition coefficient (Wildman–Crippen LogP) is 5.90. The van der Waals surface area contributed by atoms with Gasteiger partial charge in [0.05, 0.1) is 0 Å². The van der Waals surface area contributed by atoms with Crippen molar-refractivity contribution < 1.29 is 0 Å². The third kappa shape index (κ3) is 3.04. The van der Waals surface area contributed by atoms with Crippen molar-refractivity contribution in [3.8, 4) is 0 Å². The summed E-state index contributed by atoms with van der Waals surface area (Å²) in [6, 6.07) is 8.66. The first kappa shape index (κ1) is 14.6. The fraction of sp³-hybridized carbons (Fsp3) is 0.412. The first-order valence-corrected chi connectivity index (χ1v) is 10.8. The van der Waals surface area contributed by atoms with Crippen LogP contribution >= 0.6 is 11.1 Å². The third-order valence-electron chi connectivity index (χ3n) is 4.42. The van der Waals surface area contributed by atoms with Crippen LogP contribution in [0.3, 0.4) is 0 Å². The smallest absolute Gasteiger partial charge is 0.166 e. The van der Waals surface area contributed by atoms with Gasteiger partial charge in [0.2, 0.25) is 0 Å². The van der Waals surface area contributed by atoms with Gasteiger partial charge in [-0.05, 0) is 29.5 Å². The Morgan fingerprint density at radius 2 is 2.16 bits per heavy atom. The highest BCUT2D eigenvalue weighted by atomic mass is 35.6. The van der Waals surface area contributed by atoms with Gasteiger partial charge in [-0.25, -0.2) is 0 Å². The highest BCUT2D eigenvalue weighted by Crippen LogP contribution is 2.45. The predicted molar refractivity (Wildman–Crippen MR) is 89.2 cm³/mol. The number of unbranched alkanes of at least 4 members (excludes halogenated alkanes) is 1. The van der Waals surface area contributed by atoms with E-state index in [1.807, 2.05) is 6.08 Å². The molecule has 0 heterocycles. The fourth-order valence-corrected chi connectivity index (χ4v) is 6.52. The van der Waals surface area contributed by atoms with Gasteiger partial charge in [0.15, 0.2) is 7.38 Å². The van der Waals surface area contributed by atoms with E-state index in [4.69, 9.17) is 11.1 Å². The molecule has 0 saturated heterocycles. The molecule has 19 heavy (non-hydrogen) atoms. The van der Waals surface area contributed by atoms with Crippen molar-refractivity contribution in [2.75, 3.05) is 0 Å². The Morgan fingerprint density at radius 3 is 2.89 bits per heavy atom. The van der Waals surface area contributed by atoms with Gasteiger partial charge in [0, 0.05) is 5.54 Å². The van der Waals surface area contributed by atoms with E-state index in [0.29, 0.717) is 11.1 Å². The van der Waals surface area contributed by atoms with Crippen molar-refractivity contribution in [1.82, 2.24) is 0 Å². The number of fused-ring (bicyclic) bond motifs is 1. The Kier molecular flexibility index (Phi) is 4.70. The van der Waals surface area contributed by atoms with Crippen LogP contribution in [-0.2, 0) is 0 Å². The van der Waals surface area contributed by atoms with E-state index in [1.165, 1.54) is 24.0 Å². The van der Waals surface area contributed by atoms with Crippen molar-refractivity contribution in [2.24, 2.45) is 0 Å². The molecule has 3 unspecified atom stereocenters. The molecule has 0 radical (unpaired) electrons. The Hall–Kier alpha value is -0.793. The molecule has 3 atom stereocenters. The summed E-state index contributed by atoms with van der Waals surface area (Å²) in [7, 11) is -1.82. The molecule has 0 aliphatic heterocycles. The second-order valence-corrected chi connectivity index (χ2v) is 12.1. The molecule has 1 aliphatic rings. The molecular weight excluding hydrogens is 268 g/mol. The minimum atomic E-state index is -1.82. The second kappa shape index (κ2) is 6.11. The molecule has 0 nitrogen and oxygen atoms in total. The summed E-state index contributed by atoms with van der Waals surface area (Å²) < 4.78 is 0. The third-order valence-corrected chi connectivity index (χ3v) is 10.2. The molecule has 0 fully saturated rings. The Bertz CT molecular complexity index is 476. The maximum Gasteiger partial charge on any atom is 0.167 e. The molecule has 0 spiro atoms. The largest absolute Gasteiger partial charge is 0.167 e. The highest BCUT2D eigenvalue weighted by molar-refractivity contribution is 7.21. The summed E-state index contributed by atoms with van der Waals surface area (Å²) in [6.07, 6.45) is 10.1. The zero-order chi connectivity index (χ0) is 13.9. The van der Waals surface area contributed by atoms with Crippen LogP contribution in [0.5, 0.6) is 0 Å². The van der Waals surface area contributed by atoms with Crippen LogP contribution in [0.1, 0.15) is 42.9 Å². The van der Waals surface area contributed by atoms with E-state index >= 15 is 0 Å². The number of hydrogen-bond donors (Lipinski definition) is 0. The van der Waals surface area contributed by atoms with Crippen molar-refractivity contribution in [3.63, 3.8) is 0 Å². The van der Waals surface area contributed by atoms with E-state index in [9.17, 15) is 0 Å². The number of allylic oxidation sites excluding steroid dienone is 2. The molecule has 1 aromatic rings. The summed E-state index contributed by atoms with van der Waals surface area (Å²) in [5.41, 5.74) is 3.87. The average Bonchev–Trinajstić information content (AvgIpc) is 2.83. The van der Waals surface area contributed by atoms with E-state index < -0.39 is 7.38 Å². The van der Waals surface area contributed by atoms with E-state index in [-0.39, 0.29) is 0 Å². The Balaban J connectivity index is 2.12. The Labute approximate surface area is 122 Å². The molecule has 0 saturated carbocycles. The van der Waals surface area contributed by atoms with Gasteiger partial charge >= 0.3 is 0 Å². The average molecular weight is 291 g/mol. The molecule has 1 aliphatic carbocycles. The van der Waals surface area contributed by atoms with E-state index in [0.717, 1.165) is 6.42 Å². The molecule has 0 amide bonds. The number of hydrogen-bond acceptors (Lipinski definition) is 0. The lowest BCUT2D eigenvalue weighted by Crippen LogP contribution is -2.35. The van der Waals surface area contributed by atoms with Gasteiger partial charge in [-0.2, -0.15) is 11.1 Å². The van der Waals surface area contributed by atoms with Crippen LogP contribution in [0.15, 0.2) is 43.0 Å². The molecule has 102 valence electrons. The Morgan fingerprint density at radius 1 is 1.42 bits per heavy atom. The summed E-state index contributed by atoms with van der Waals surface area (Å²) in [5.74, 6) is 0. The normalized spacial score (nSPS) is 21.7. The van der Waals surface area contributed by atoms with Crippen molar-refractivity contribution in [2.45, 2.75) is 43.8 Å². The van der Waals surface area contributed by atoms with Crippen molar-refractivity contribution in [3.05, 3.63) is 54.1 Å².